The first kappa shape index (κ1) is 11.5. The van der Waals surface area contributed by atoms with E-state index >= 15 is 0 Å². The Bertz CT molecular complexity index is 735. The molecule has 3 aromatic rings. The van der Waals surface area contributed by atoms with Crippen LogP contribution < -0.4 is 0 Å². The molecule has 0 unspecified atom stereocenters. The van der Waals surface area contributed by atoms with E-state index in [0.717, 1.165) is 19.4 Å². The molecule has 84 valence electrons. The number of hydrogen-bond donors (Lipinski definition) is 0. The highest BCUT2D eigenvalue weighted by Crippen LogP contribution is 2.33. The second-order valence-electron chi connectivity index (χ2n) is 3.92. The summed E-state index contributed by atoms with van der Waals surface area (Å²) >= 11 is 13.1. The molecule has 3 rings (SSSR count). The predicted molar refractivity (Wildman–Crippen MR) is 81.9 cm³/mol. The second-order valence-corrected chi connectivity index (χ2v) is 6.10. The lowest BCUT2D eigenvalue weighted by atomic mass is 10.0. The number of fused-ring (bicyclic) bond motifs is 3. The molecule has 0 N–H and O–H groups in total. The number of halogens is 3. The van der Waals surface area contributed by atoms with Gasteiger partial charge in [-0.3, -0.25) is 0 Å². The Morgan fingerprint density at radius 1 is 0.765 bits per heavy atom. The quantitative estimate of drug-likeness (QED) is 0.415. The molecule has 0 fully saturated rings. The number of rotatable bonds is 0. The van der Waals surface area contributed by atoms with Crippen LogP contribution in [0.15, 0.2) is 51.4 Å². The van der Waals surface area contributed by atoms with Crippen LogP contribution in [0.5, 0.6) is 0 Å². The highest BCUT2D eigenvalue weighted by Gasteiger charge is 2.04. The zero-order valence-electron chi connectivity index (χ0n) is 8.68. The molecule has 0 bridgehead atoms. The third-order valence-electron chi connectivity index (χ3n) is 2.84. The topological polar surface area (TPSA) is 0 Å². The minimum absolute atomic E-state index is 0.744. The van der Waals surface area contributed by atoms with Gasteiger partial charge in [0.05, 0.1) is 5.02 Å². The van der Waals surface area contributed by atoms with E-state index in [2.05, 4.69) is 68.3 Å². The molecule has 17 heavy (non-hydrogen) atoms. The monoisotopic (exact) mass is 368 g/mol. The lowest BCUT2D eigenvalue weighted by Gasteiger charge is -2.06. The van der Waals surface area contributed by atoms with E-state index in [-0.39, 0.29) is 0 Å². The van der Waals surface area contributed by atoms with Gasteiger partial charge in [0.25, 0.3) is 0 Å². The molecule has 0 saturated heterocycles. The van der Waals surface area contributed by atoms with Gasteiger partial charge in [-0.1, -0.05) is 45.7 Å². The molecule has 0 radical (unpaired) electrons. The van der Waals surface area contributed by atoms with Crippen LogP contribution >= 0.6 is 43.5 Å². The van der Waals surface area contributed by atoms with Crippen molar-refractivity contribution >= 4 is 65.0 Å². The molecule has 0 saturated carbocycles. The highest BCUT2D eigenvalue weighted by atomic mass is 79.9. The minimum Gasteiger partial charge on any atom is -0.0831 e. The van der Waals surface area contributed by atoms with Crippen LogP contribution in [-0.2, 0) is 0 Å². The van der Waals surface area contributed by atoms with E-state index in [1.807, 2.05) is 6.07 Å². The first-order chi connectivity index (χ1) is 8.15. The standard InChI is InChI=1S/C14H7Br2Cl/c15-10-3-4-11-8(5-10)1-2-9-6-14(17)13(16)7-12(9)11/h1-7H. The van der Waals surface area contributed by atoms with Gasteiger partial charge in [-0.25, -0.2) is 0 Å². The van der Waals surface area contributed by atoms with Crippen LogP contribution in [0.25, 0.3) is 21.5 Å². The summed E-state index contributed by atoms with van der Waals surface area (Å²) in [5.74, 6) is 0. The van der Waals surface area contributed by atoms with E-state index in [4.69, 9.17) is 11.6 Å². The first-order valence-electron chi connectivity index (χ1n) is 5.12. The Labute approximate surface area is 121 Å². The van der Waals surface area contributed by atoms with Crippen molar-refractivity contribution in [3.8, 4) is 0 Å². The number of benzene rings is 3. The van der Waals surface area contributed by atoms with E-state index in [1.165, 1.54) is 16.2 Å². The lowest BCUT2D eigenvalue weighted by Crippen LogP contribution is -1.79. The van der Waals surface area contributed by atoms with Gasteiger partial charge >= 0.3 is 0 Å². The van der Waals surface area contributed by atoms with Crippen molar-refractivity contribution in [2.24, 2.45) is 0 Å². The van der Waals surface area contributed by atoms with Gasteiger partial charge in [-0.15, -0.1) is 0 Å². The zero-order valence-corrected chi connectivity index (χ0v) is 12.6. The Hall–Kier alpha value is -0.570. The van der Waals surface area contributed by atoms with E-state index < -0.39 is 0 Å². The van der Waals surface area contributed by atoms with Gasteiger partial charge < -0.3 is 0 Å². The summed E-state index contributed by atoms with van der Waals surface area (Å²) in [5, 5.41) is 5.58. The summed E-state index contributed by atoms with van der Waals surface area (Å²) in [6.45, 7) is 0. The van der Waals surface area contributed by atoms with Crippen LogP contribution in [0.2, 0.25) is 5.02 Å². The fraction of sp³-hybridized carbons (Fsp3) is 0. The molecular formula is C14H7Br2Cl. The molecule has 0 aliphatic heterocycles. The lowest BCUT2D eigenvalue weighted by molar-refractivity contribution is 1.70. The smallest absolute Gasteiger partial charge is 0.0554 e. The third kappa shape index (κ3) is 1.99. The van der Waals surface area contributed by atoms with Crippen LogP contribution in [0.1, 0.15) is 0 Å². The Kier molecular flexibility index (Phi) is 2.89. The van der Waals surface area contributed by atoms with Gasteiger partial charge in [-0.2, -0.15) is 0 Å². The van der Waals surface area contributed by atoms with Crippen molar-refractivity contribution in [2.45, 2.75) is 0 Å². The summed E-state index contributed by atoms with van der Waals surface area (Å²) in [5.41, 5.74) is 0. The molecule has 0 spiro atoms. The largest absolute Gasteiger partial charge is 0.0831 e. The molecule has 0 nitrogen and oxygen atoms in total. The molecule has 3 aromatic carbocycles. The SMILES string of the molecule is Clc1cc2ccc3cc(Br)ccc3c2cc1Br. The van der Waals surface area contributed by atoms with Gasteiger partial charge in [0.2, 0.25) is 0 Å². The maximum absolute atomic E-state index is 6.11. The van der Waals surface area contributed by atoms with Crippen LogP contribution in [-0.4, -0.2) is 0 Å². The summed E-state index contributed by atoms with van der Waals surface area (Å²) in [4.78, 5) is 0. The summed E-state index contributed by atoms with van der Waals surface area (Å²) in [7, 11) is 0. The maximum atomic E-state index is 6.11. The Balaban J connectivity index is 2.50. The minimum atomic E-state index is 0.744. The Morgan fingerprint density at radius 3 is 2.24 bits per heavy atom. The van der Waals surface area contributed by atoms with Gasteiger partial charge in [-0.05, 0) is 61.7 Å². The van der Waals surface area contributed by atoms with Crippen LogP contribution in [0.3, 0.4) is 0 Å². The molecule has 0 amide bonds. The van der Waals surface area contributed by atoms with Gasteiger partial charge in [0.15, 0.2) is 0 Å². The normalized spacial score (nSPS) is 11.2. The molecule has 3 heteroatoms. The van der Waals surface area contributed by atoms with Crippen molar-refractivity contribution in [3.05, 3.63) is 56.4 Å². The first-order valence-corrected chi connectivity index (χ1v) is 7.08. The average Bonchev–Trinajstić information content (AvgIpc) is 2.30. The highest BCUT2D eigenvalue weighted by molar-refractivity contribution is 9.10. The predicted octanol–water partition coefficient (Wildman–Crippen LogP) is 6.17. The molecule has 0 heterocycles. The van der Waals surface area contributed by atoms with Crippen molar-refractivity contribution in [2.75, 3.05) is 0 Å². The zero-order chi connectivity index (χ0) is 12.0. The summed E-state index contributed by atoms with van der Waals surface area (Å²) in [6.07, 6.45) is 0. The molecular weight excluding hydrogens is 363 g/mol. The molecule has 0 aromatic heterocycles. The summed E-state index contributed by atoms with van der Waals surface area (Å²) in [6, 6.07) is 14.6. The molecule has 0 aliphatic carbocycles. The van der Waals surface area contributed by atoms with Crippen molar-refractivity contribution in [1.82, 2.24) is 0 Å². The van der Waals surface area contributed by atoms with Gasteiger partial charge in [0.1, 0.15) is 0 Å². The Morgan fingerprint density at radius 2 is 1.47 bits per heavy atom. The molecule has 0 atom stereocenters. The maximum Gasteiger partial charge on any atom is 0.0554 e. The van der Waals surface area contributed by atoms with E-state index in [0.29, 0.717) is 0 Å². The third-order valence-corrected chi connectivity index (χ3v) is 4.53. The second kappa shape index (κ2) is 4.27. The number of hydrogen-bond acceptors (Lipinski definition) is 0. The fourth-order valence-electron chi connectivity index (χ4n) is 2.03. The molecule has 0 aliphatic rings. The van der Waals surface area contributed by atoms with E-state index in [1.54, 1.807) is 0 Å². The van der Waals surface area contributed by atoms with Gasteiger partial charge in [0, 0.05) is 8.95 Å². The van der Waals surface area contributed by atoms with Crippen LogP contribution in [0, 0.1) is 0 Å². The van der Waals surface area contributed by atoms with Crippen LogP contribution in [0.4, 0.5) is 0 Å². The van der Waals surface area contributed by atoms with Crippen molar-refractivity contribution < 1.29 is 0 Å². The van der Waals surface area contributed by atoms with E-state index in [9.17, 15) is 0 Å². The summed E-state index contributed by atoms with van der Waals surface area (Å²) < 4.78 is 2.03. The fourth-order valence-corrected chi connectivity index (χ4v) is 2.92. The van der Waals surface area contributed by atoms with Crippen molar-refractivity contribution in [3.63, 3.8) is 0 Å². The average molecular weight is 370 g/mol. The van der Waals surface area contributed by atoms with Crippen molar-refractivity contribution in [1.29, 1.82) is 0 Å².